The van der Waals surface area contributed by atoms with Crippen LogP contribution in [-0.4, -0.2) is 6.54 Å². The largest absolute Gasteiger partial charge is 0.324 e. The summed E-state index contributed by atoms with van der Waals surface area (Å²) in [5.74, 6) is 0. The minimum atomic E-state index is 0.103. The second-order valence-corrected chi connectivity index (χ2v) is 3.50. The van der Waals surface area contributed by atoms with Gasteiger partial charge in [0.1, 0.15) is 0 Å². The van der Waals surface area contributed by atoms with Crippen molar-refractivity contribution in [3.63, 3.8) is 0 Å². The van der Waals surface area contributed by atoms with Gasteiger partial charge < -0.3 is 5.73 Å². The molecule has 0 radical (unpaired) electrons. The summed E-state index contributed by atoms with van der Waals surface area (Å²) in [5.41, 5.74) is 11.3. The van der Waals surface area contributed by atoms with E-state index in [9.17, 15) is 0 Å². The first-order valence-electron chi connectivity index (χ1n) is 4.82. The normalized spacial score (nSPS) is 17.4. The quantitative estimate of drug-likeness (QED) is 0.741. The molecular formula is C11H15N3. The molecule has 0 unspecified atom stereocenters. The monoisotopic (exact) mass is 189 g/mol. The SMILES string of the molecule is C[C@@H](N)c1ccc(N2C=CCN2)cc1. The fourth-order valence-electron chi connectivity index (χ4n) is 1.48. The molecule has 0 saturated carbocycles. The number of benzene rings is 1. The molecular weight excluding hydrogens is 174 g/mol. The average molecular weight is 189 g/mol. The summed E-state index contributed by atoms with van der Waals surface area (Å²) in [5, 5.41) is 2.00. The molecule has 3 heteroatoms. The van der Waals surface area contributed by atoms with Crippen LogP contribution in [0.1, 0.15) is 18.5 Å². The number of hydrogen-bond acceptors (Lipinski definition) is 3. The third kappa shape index (κ3) is 1.78. The van der Waals surface area contributed by atoms with Crippen molar-refractivity contribution in [1.29, 1.82) is 0 Å². The van der Waals surface area contributed by atoms with Crippen molar-refractivity contribution in [2.75, 3.05) is 11.6 Å². The van der Waals surface area contributed by atoms with Crippen LogP contribution >= 0.6 is 0 Å². The molecule has 0 bridgehead atoms. The van der Waals surface area contributed by atoms with E-state index >= 15 is 0 Å². The maximum Gasteiger partial charge on any atom is 0.0570 e. The summed E-state index contributed by atoms with van der Waals surface area (Å²) >= 11 is 0. The second kappa shape index (κ2) is 3.82. The molecule has 1 aromatic rings. The number of hydrazine groups is 1. The van der Waals surface area contributed by atoms with Crippen LogP contribution in [0.3, 0.4) is 0 Å². The summed E-state index contributed by atoms with van der Waals surface area (Å²) in [6, 6.07) is 8.37. The van der Waals surface area contributed by atoms with E-state index < -0.39 is 0 Å². The topological polar surface area (TPSA) is 41.3 Å². The highest BCUT2D eigenvalue weighted by Crippen LogP contribution is 2.18. The summed E-state index contributed by atoms with van der Waals surface area (Å²) in [6.07, 6.45) is 4.11. The molecule has 0 amide bonds. The number of nitrogens with zero attached hydrogens (tertiary/aromatic N) is 1. The van der Waals surface area contributed by atoms with Gasteiger partial charge in [-0.1, -0.05) is 18.2 Å². The Balaban J connectivity index is 2.17. The molecule has 74 valence electrons. The summed E-state index contributed by atoms with van der Waals surface area (Å²) < 4.78 is 0. The standard InChI is InChI=1S/C11H15N3/c1-9(12)10-3-5-11(6-4-10)14-8-2-7-13-14/h2-6,8-9,13H,7,12H2,1H3/t9-/m1/s1. The average Bonchev–Trinajstić information content (AvgIpc) is 2.71. The van der Waals surface area contributed by atoms with Crippen LogP contribution < -0.4 is 16.2 Å². The molecule has 3 nitrogen and oxygen atoms in total. The van der Waals surface area contributed by atoms with Crippen LogP contribution in [0.5, 0.6) is 0 Å². The maximum atomic E-state index is 5.77. The highest BCUT2D eigenvalue weighted by Gasteiger charge is 2.06. The van der Waals surface area contributed by atoms with E-state index in [2.05, 4.69) is 35.8 Å². The third-order valence-corrected chi connectivity index (χ3v) is 2.33. The van der Waals surface area contributed by atoms with E-state index in [0.29, 0.717) is 0 Å². The minimum absolute atomic E-state index is 0.103. The van der Waals surface area contributed by atoms with Gasteiger partial charge in [0.25, 0.3) is 0 Å². The van der Waals surface area contributed by atoms with Crippen LogP contribution in [0.15, 0.2) is 36.5 Å². The molecule has 0 spiro atoms. The van der Waals surface area contributed by atoms with Crippen molar-refractivity contribution in [3.8, 4) is 0 Å². The third-order valence-electron chi connectivity index (χ3n) is 2.33. The van der Waals surface area contributed by atoms with Crippen molar-refractivity contribution in [2.24, 2.45) is 5.73 Å². The molecule has 2 rings (SSSR count). The first-order valence-corrected chi connectivity index (χ1v) is 4.82. The summed E-state index contributed by atoms with van der Waals surface area (Å²) in [6.45, 7) is 2.89. The highest BCUT2D eigenvalue weighted by molar-refractivity contribution is 5.50. The highest BCUT2D eigenvalue weighted by atomic mass is 15.5. The zero-order valence-electron chi connectivity index (χ0n) is 8.27. The Morgan fingerprint density at radius 3 is 2.57 bits per heavy atom. The lowest BCUT2D eigenvalue weighted by Gasteiger charge is -2.16. The van der Waals surface area contributed by atoms with Gasteiger partial charge in [0, 0.05) is 18.8 Å². The molecule has 1 aliphatic rings. The molecule has 1 atom stereocenters. The summed E-state index contributed by atoms with van der Waals surface area (Å²) in [4.78, 5) is 0. The van der Waals surface area contributed by atoms with E-state index in [4.69, 9.17) is 5.73 Å². The zero-order chi connectivity index (χ0) is 9.97. The van der Waals surface area contributed by atoms with Crippen molar-refractivity contribution >= 4 is 5.69 Å². The number of rotatable bonds is 2. The van der Waals surface area contributed by atoms with Crippen LogP contribution in [0.4, 0.5) is 5.69 Å². The number of nitrogens with two attached hydrogens (primary N) is 1. The molecule has 14 heavy (non-hydrogen) atoms. The van der Waals surface area contributed by atoms with Gasteiger partial charge in [0.2, 0.25) is 0 Å². The molecule has 0 fully saturated rings. The molecule has 1 aromatic carbocycles. The number of hydrogen-bond donors (Lipinski definition) is 2. The van der Waals surface area contributed by atoms with Crippen LogP contribution in [-0.2, 0) is 0 Å². The molecule has 1 aliphatic heterocycles. The Morgan fingerprint density at radius 1 is 1.36 bits per heavy atom. The van der Waals surface area contributed by atoms with Gasteiger partial charge in [-0.2, -0.15) is 0 Å². The van der Waals surface area contributed by atoms with Gasteiger partial charge in [-0.3, -0.25) is 5.01 Å². The molecule has 1 heterocycles. The lowest BCUT2D eigenvalue weighted by molar-refractivity contribution is 0.804. The van der Waals surface area contributed by atoms with Crippen molar-refractivity contribution in [2.45, 2.75) is 13.0 Å². The van der Waals surface area contributed by atoms with Crippen molar-refractivity contribution < 1.29 is 0 Å². The number of anilines is 1. The fourth-order valence-corrected chi connectivity index (χ4v) is 1.48. The van der Waals surface area contributed by atoms with E-state index in [1.165, 1.54) is 0 Å². The van der Waals surface area contributed by atoms with Crippen LogP contribution in [0, 0.1) is 0 Å². The maximum absolute atomic E-state index is 5.77. The van der Waals surface area contributed by atoms with Gasteiger partial charge >= 0.3 is 0 Å². The van der Waals surface area contributed by atoms with Crippen LogP contribution in [0.2, 0.25) is 0 Å². The Hall–Kier alpha value is -1.32. The van der Waals surface area contributed by atoms with Gasteiger partial charge in [-0.25, -0.2) is 5.43 Å². The lowest BCUT2D eigenvalue weighted by atomic mass is 10.1. The predicted molar refractivity (Wildman–Crippen MR) is 58.7 cm³/mol. The number of nitrogens with one attached hydrogen (secondary N) is 1. The van der Waals surface area contributed by atoms with Gasteiger partial charge in [-0.15, -0.1) is 0 Å². The predicted octanol–water partition coefficient (Wildman–Crippen LogP) is 1.54. The molecule has 3 N–H and O–H groups in total. The van der Waals surface area contributed by atoms with E-state index in [0.717, 1.165) is 17.8 Å². The van der Waals surface area contributed by atoms with Crippen molar-refractivity contribution in [3.05, 3.63) is 42.1 Å². The Morgan fingerprint density at radius 2 is 2.07 bits per heavy atom. The second-order valence-electron chi connectivity index (χ2n) is 3.50. The van der Waals surface area contributed by atoms with Crippen LogP contribution in [0.25, 0.3) is 0 Å². The first kappa shape index (κ1) is 9.24. The van der Waals surface area contributed by atoms with E-state index in [1.807, 2.05) is 18.1 Å². The fraction of sp³-hybridized carbons (Fsp3) is 0.273. The Bertz CT molecular complexity index is 327. The molecule has 0 aliphatic carbocycles. The Kier molecular flexibility index (Phi) is 2.52. The first-order chi connectivity index (χ1) is 6.77. The molecule has 0 aromatic heterocycles. The van der Waals surface area contributed by atoms with Gasteiger partial charge in [-0.05, 0) is 24.6 Å². The molecule has 0 saturated heterocycles. The van der Waals surface area contributed by atoms with E-state index in [-0.39, 0.29) is 6.04 Å². The lowest BCUT2D eigenvalue weighted by Crippen LogP contribution is -2.28. The van der Waals surface area contributed by atoms with E-state index in [1.54, 1.807) is 0 Å². The van der Waals surface area contributed by atoms with Crippen molar-refractivity contribution in [1.82, 2.24) is 5.43 Å². The Labute approximate surface area is 84.2 Å². The smallest absolute Gasteiger partial charge is 0.0570 e. The van der Waals surface area contributed by atoms with Gasteiger partial charge in [0.05, 0.1) is 5.69 Å². The summed E-state index contributed by atoms with van der Waals surface area (Å²) in [7, 11) is 0. The zero-order valence-corrected chi connectivity index (χ0v) is 8.27. The van der Waals surface area contributed by atoms with Gasteiger partial charge in [0.15, 0.2) is 0 Å². The minimum Gasteiger partial charge on any atom is -0.324 e.